The quantitative estimate of drug-likeness (QED) is 0.910. The van der Waals surface area contributed by atoms with Gasteiger partial charge in [-0.1, -0.05) is 41.1 Å². The second-order valence-electron chi connectivity index (χ2n) is 4.60. The molecule has 2 aromatic rings. The molecule has 0 amide bonds. The molecule has 1 heterocycles. The van der Waals surface area contributed by atoms with Gasteiger partial charge in [0.2, 0.25) is 0 Å². The van der Waals surface area contributed by atoms with Crippen molar-refractivity contribution in [3.05, 3.63) is 51.8 Å². The number of halogens is 1. The van der Waals surface area contributed by atoms with Crippen LogP contribution in [0.5, 0.6) is 0 Å². The van der Waals surface area contributed by atoms with Gasteiger partial charge in [0.05, 0.1) is 12.2 Å². The maximum atomic E-state index is 4.38. The summed E-state index contributed by atoms with van der Waals surface area (Å²) >= 11 is 3.70. The van der Waals surface area contributed by atoms with Gasteiger partial charge in [-0.15, -0.1) is 0 Å². The normalized spacial score (nSPS) is 12.6. The highest BCUT2D eigenvalue weighted by Gasteiger charge is 2.18. The van der Waals surface area contributed by atoms with E-state index in [-0.39, 0.29) is 6.04 Å². The van der Waals surface area contributed by atoms with Crippen LogP contribution in [0.1, 0.15) is 36.6 Å². The molecule has 0 aliphatic carbocycles. The van der Waals surface area contributed by atoms with E-state index in [9.17, 15) is 0 Å². The van der Waals surface area contributed by atoms with Gasteiger partial charge in [0.25, 0.3) is 0 Å². The van der Waals surface area contributed by atoms with Crippen LogP contribution >= 0.6 is 15.9 Å². The molecule has 0 aliphatic heterocycles. The zero-order valence-electron chi connectivity index (χ0n) is 11.7. The minimum atomic E-state index is 0.180. The van der Waals surface area contributed by atoms with Crippen LogP contribution in [-0.2, 0) is 6.54 Å². The molecule has 0 radical (unpaired) electrons. The van der Waals surface area contributed by atoms with Crippen molar-refractivity contribution in [2.75, 3.05) is 6.54 Å². The number of aryl methyl sites for hydroxylation is 2. The molecule has 19 heavy (non-hydrogen) atoms. The first-order valence-electron chi connectivity index (χ1n) is 6.68. The number of hydrogen-bond donors (Lipinski definition) is 1. The van der Waals surface area contributed by atoms with Gasteiger partial charge in [0.1, 0.15) is 0 Å². The lowest BCUT2D eigenvalue weighted by atomic mass is 10.00. The van der Waals surface area contributed by atoms with Crippen molar-refractivity contribution in [1.29, 1.82) is 0 Å². The summed E-state index contributed by atoms with van der Waals surface area (Å²) in [7, 11) is 0. The lowest BCUT2D eigenvalue weighted by molar-refractivity contribution is 0.623. The van der Waals surface area contributed by atoms with Gasteiger partial charge in [-0.25, -0.2) is 0 Å². The van der Waals surface area contributed by atoms with Crippen LogP contribution in [0.3, 0.4) is 0 Å². The Morgan fingerprint density at radius 1 is 1.37 bits per heavy atom. The Hall–Kier alpha value is -1.13. The van der Waals surface area contributed by atoms with Gasteiger partial charge in [-0.2, -0.15) is 5.10 Å². The summed E-state index contributed by atoms with van der Waals surface area (Å²) in [4.78, 5) is 0. The molecule has 1 aromatic heterocycles. The van der Waals surface area contributed by atoms with Crippen molar-refractivity contribution in [3.8, 4) is 0 Å². The van der Waals surface area contributed by atoms with Crippen LogP contribution in [-0.4, -0.2) is 16.3 Å². The van der Waals surface area contributed by atoms with Crippen LogP contribution in [0.2, 0.25) is 0 Å². The number of hydrogen-bond acceptors (Lipinski definition) is 2. The molecule has 0 aliphatic rings. The molecular weight excluding hydrogens is 302 g/mol. The molecular formula is C15H20BrN3. The Labute approximate surface area is 123 Å². The topological polar surface area (TPSA) is 29.9 Å². The van der Waals surface area contributed by atoms with E-state index in [0.29, 0.717) is 0 Å². The average molecular weight is 322 g/mol. The lowest BCUT2D eigenvalue weighted by Gasteiger charge is -2.19. The third-order valence-electron chi connectivity index (χ3n) is 3.25. The standard InChI is InChI=1S/C15H20BrN3/c1-4-17-15(12-9-18-19(5-2)10-12)13-8-6-7-11(3)14(13)16/h6-10,15,17H,4-5H2,1-3H3. The largest absolute Gasteiger partial charge is 0.306 e. The van der Waals surface area contributed by atoms with Crippen LogP contribution in [0.4, 0.5) is 0 Å². The molecule has 0 fully saturated rings. The zero-order chi connectivity index (χ0) is 13.8. The molecule has 0 bridgehead atoms. The van der Waals surface area contributed by atoms with E-state index < -0.39 is 0 Å². The minimum Gasteiger partial charge on any atom is -0.306 e. The van der Waals surface area contributed by atoms with Crippen molar-refractivity contribution in [1.82, 2.24) is 15.1 Å². The van der Waals surface area contributed by atoms with Gasteiger partial charge in [0.15, 0.2) is 0 Å². The van der Waals surface area contributed by atoms with Crippen LogP contribution < -0.4 is 5.32 Å². The smallest absolute Gasteiger partial charge is 0.0619 e. The fourth-order valence-electron chi connectivity index (χ4n) is 2.21. The summed E-state index contributed by atoms with van der Waals surface area (Å²) in [6.45, 7) is 8.16. The van der Waals surface area contributed by atoms with E-state index in [0.717, 1.165) is 13.1 Å². The molecule has 1 aromatic carbocycles. The number of benzene rings is 1. The predicted molar refractivity (Wildman–Crippen MR) is 82.3 cm³/mol. The van der Waals surface area contributed by atoms with Crippen molar-refractivity contribution in [2.45, 2.75) is 33.4 Å². The zero-order valence-corrected chi connectivity index (χ0v) is 13.2. The average Bonchev–Trinajstić information content (AvgIpc) is 2.88. The van der Waals surface area contributed by atoms with Gasteiger partial charge < -0.3 is 5.32 Å². The molecule has 1 N–H and O–H groups in total. The first-order valence-corrected chi connectivity index (χ1v) is 7.47. The second kappa shape index (κ2) is 6.35. The Kier molecular flexibility index (Phi) is 4.77. The Balaban J connectivity index is 2.42. The van der Waals surface area contributed by atoms with Crippen molar-refractivity contribution >= 4 is 15.9 Å². The summed E-state index contributed by atoms with van der Waals surface area (Å²) in [6, 6.07) is 6.56. The van der Waals surface area contributed by atoms with Crippen molar-refractivity contribution in [3.63, 3.8) is 0 Å². The maximum Gasteiger partial charge on any atom is 0.0619 e. The number of aromatic nitrogens is 2. The first-order chi connectivity index (χ1) is 9.17. The molecule has 0 spiro atoms. The van der Waals surface area contributed by atoms with Gasteiger partial charge >= 0.3 is 0 Å². The molecule has 2 rings (SSSR count). The number of nitrogens with zero attached hydrogens (tertiary/aromatic N) is 2. The lowest BCUT2D eigenvalue weighted by Crippen LogP contribution is -2.22. The molecule has 1 atom stereocenters. The minimum absolute atomic E-state index is 0.180. The summed E-state index contributed by atoms with van der Waals surface area (Å²) in [5.74, 6) is 0. The Morgan fingerprint density at radius 2 is 2.16 bits per heavy atom. The van der Waals surface area contributed by atoms with Crippen LogP contribution in [0, 0.1) is 6.92 Å². The molecule has 102 valence electrons. The summed E-state index contributed by atoms with van der Waals surface area (Å²) in [5.41, 5.74) is 3.72. The van der Waals surface area contributed by atoms with Gasteiger partial charge in [-0.05, 0) is 31.5 Å². The number of rotatable bonds is 5. The van der Waals surface area contributed by atoms with Gasteiger partial charge in [0, 0.05) is 22.8 Å². The number of nitrogens with one attached hydrogen (secondary N) is 1. The van der Waals surface area contributed by atoms with Crippen molar-refractivity contribution < 1.29 is 0 Å². The third-order valence-corrected chi connectivity index (χ3v) is 4.33. The first kappa shape index (κ1) is 14.3. The summed E-state index contributed by atoms with van der Waals surface area (Å²) in [6.07, 6.45) is 4.06. The van der Waals surface area contributed by atoms with E-state index in [1.54, 1.807) is 0 Å². The van der Waals surface area contributed by atoms with Crippen LogP contribution in [0.15, 0.2) is 35.1 Å². The van der Waals surface area contributed by atoms with E-state index in [1.165, 1.54) is 21.2 Å². The highest BCUT2D eigenvalue weighted by Crippen LogP contribution is 2.30. The van der Waals surface area contributed by atoms with E-state index in [2.05, 4.69) is 71.5 Å². The molecule has 0 saturated carbocycles. The third kappa shape index (κ3) is 3.07. The van der Waals surface area contributed by atoms with E-state index in [1.807, 2.05) is 10.9 Å². The van der Waals surface area contributed by atoms with Gasteiger partial charge in [-0.3, -0.25) is 4.68 Å². The SMILES string of the molecule is CCNC(c1cnn(CC)c1)c1cccc(C)c1Br. The summed E-state index contributed by atoms with van der Waals surface area (Å²) in [5, 5.41) is 7.91. The monoisotopic (exact) mass is 321 g/mol. The fourth-order valence-corrected chi connectivity index (χ4v) is 2.70. The van der Waals surface area contributed by atoms with Crippen molar-refractivity contribution in [2.24, 2.45) is 0 Å². The molecule has 0 saturated heterocycles. The van der Waals surface area contributed by atoms with Crippen LogP contribution in [0.25, 0.3) is 0 Å². The highest BCUT2D eigenvalue weighted by atomic mass is 79.9. The molecule has 3 nitrogen and oxygen atoms in total. The highest BCUT2D eigenvalue weighted by molar-refractivity contribution is 9.10. The predicted octanol–water partition coefficient (Wildman–Crippen LogP) is 3.67. The molecule has 1 unspecified atom stereocenters. The Bertz CT molecular complexity index is 548. The summed E-state index contributed by atoms with van der Waals surface area (Å²) < 4.78 is 3.13. The molecule has 4 heteroatoms. The second-order valence-corrected chi connectivity index (χ2v) is 5.39. The maximum absolute atomic E-state index is 4.38. The van der Waals surface area contributed by atoms with E-state index >= 15 is 0 Å². The fraction of sp³-hybridized carbons (Fsp3) is 0.400. The van der Waals surface area contributed by atoms with E-state index in [4.69, 9.17) is 0 Å². The Morgan fingerprint density at radius 3 is 2.79 bits per heavy atom.